The highest BCUT2D eigenvalue weighted by Gasteiger charge is 2.12. The van der Waals surface area contributed by atoms with E-state index in [0.29, 0.717) is 12.2 Å². The van der Waals surface area contributed by atoms with Crippen molar-refractivity contribution in [1.82, 2.24) is 4.98 Å². The molecule has 0 aliphatic carbocycles. The standard InChI is InChI=1S/C14H16N2O2/c1-17-12-6-3-7-13(18-2)11(12)9-10-5-4-8-16-14(10)15/h3-8H,9H2,1-2H3,(H2,15,16). The van der Waals surface area contributed by atoms with Crippen LogP contribution in [0.4, 0.5) is 5.82 Å². The molecule has 4 heteroatoms. The highest BCUT2D eigenvalue weighted by Crippen LogP contribution is 2.31. The summed E-state index contributed by atoms with van der Waals surface area (Å²) in [5.41, 5.74) is 7.79. The normalized spacial score (nSPS) is 10.1. The predicted octanol–water partition coefficient (Wildman–Crippen LogP) is 2.27. The minimum Gasteiger partial charge on any atom is -0.496 e. The van der Waals surface area contributed by atoms with Gasteiger partial charge in [0.1, 0.15) is 17.3 Å². The van der Waals surface area contributed by atoms with Crippen LogP contribution < -0.4 is 15.2 Å². The molecule has 0 radical (unpaired) electrons. The Hall–Kier alpha value is -2.23. The second-order valence-electron chi connectivity index (χ2n) is 3.87. The molecule has 1 aromatic heterocycles. The van der Waals surface area contributed by atoms with Gasteiger partial charge in [-0.15, -0.1) is 0 Å². The average Bonchev–Trinajstić information content (AvgIpc) is 2.41. The molecule has 1 aromatic carbocycles. The Morgan fingerprint density at radius 2 is 1.72 bits per heavy atom. The number of nitrogen functional groups attached to an aromatic ring is 1. The smallest absolute Gasteiger partial charge is 0.126 e. The number of nitrogens with zero attached hydrogens (tertiary/aromatic N) is 1. The van der Waals surface area contributed by atoms with Crippen LogP contribution in [0.15, 0.2) is 36.5 Å². The fourth-order valence-electron chi connectivity index (χ4n) is 1.89. The van der Waals surface area contributed by atoms with Gasteiger partial charge >= 0.3 is 0 Å². The number of nitrogens with two attached hydrogens (primary N) is 1. The van der Waals surface area contributed by atoms with E-state index in [-0.39, 0.29) is 0 Å². The van der Waals surface area contributed by atoms with Crippen molar-refractivity contribution in [3.8, 4) is 11.5 Å². The number of hydrogen-bond donors (Lipinski definition) is 1. The van der Waals surface area contributed by atoms with Crippen molar-refractivity contribution < 1.29 is 9.47 Å². The van der Waals surface area contributed by atoms with E-state index >= 15 is 0 Å². The summed E-state index contributed by atoms with van der Waals surface area (Å²) in [5, 5.41) is 0. The SMILES string of the molecule is COc1cccc(OC)c1Cc1cccnc1N. The maximum atomic E-state index is 5.86. The van der Waals surface area contributed by atoms with Gasteiger partial charge in [0.15, 0.2) is 0 Å². The molecule has 0 aliphatic heterocycles. The first-order valence-corrected chi connectivity index (χ1v) is 5.65. The number of benzene rings is 1. The van der Waals surface area contributed by atoms with E-state index in [4.69, 9.17) is 15.2 Å². The summed E-state index contributed by atoms with van der Waals surface area (Å²) in [7, 11) is 3.29. The highest BCUT2D eigenvalue weighted by atomic mass is 16.5. The van der Waals surface area contributed by atoms with E-state index in [2.05, 4.69) is 4.98 Å². The predicted molar refractivity (Wildman–Crippen MR) is 71.0 cm³/mol. The fourth-order valence-corrected chi connectivity index (χ4v) is 1.89. The topological polar surface area (TPSA) is 57.4 Å². The first-order valence-electron chi connectivity index (χ1n) is 5.65. The Kier molecular flexibility index (Phi) is 3.67. The average molecular weight is 244 g/mol. The summed E-state index contributed by atoms with van der Waals surface area (Å²) in [6.07, 6.45) is 2.31. The second kappa shape index (κ2) is 5.40. The summed E-state index contributed by atoms with van der Waals surface area (Å²) in [5.74, 6) is 2.11. The molecule has 0 saturated carbocycles. The molecule has 4 nitrogen and oxygen atoms in total. The van der Waals surface area contributed by atoms with E-state index < -0.39 is 0 Å². The van der Waals surface area contributed by atoms with Crippen molar-refractivity contribution in [1.29, 1.82) is 0 Å². The van der Waals surface area contributed by atoms with Gasteiger partial charge in [0, 0.05) is 18.2 Å². The van der Waals surface area contributed by atoms with Crippen LogP contribution in [0.25, 0.3) is 0 Å². The van der Waals surface area contributed by atoms with Crippen molar-refractivity contribution in [2.45, 2.75) is 6.42 Å². The number of ether oxygens (including phenoxy) is 2. The second-order valence-corrected chi connectivity index (χ2v) is 3.87. The van der Waals surface area contributed by atoms with Crippen molar-refractivity contribution in [2.75, 3.05) is 20.0 Å². The van der Waals surface area contributed by atoms with Crippen LogP contribution in [0, 0.1) is 0 Å². The van der Waals surface area contributed by atoms with Gasteiger partial charge in [0.25, 0.3) is 0 Å². The van der Waals surface area contributed by atoms with Crippen molar-refractivity contribution in [3.05, 3.63) is 47.7 Å². The molecule has 2 rings (SSSR count). The van der Waals surface area contributed by atoms with Crippen LogP contribution in [-0.4, -0.2) is 19.2 Å². The van der Waals surface area contributed by atoms with Crippen LogP contribution >= 0.6 is 0 Å². The molecule has 0 amide bonds. The monoisotopic (exact) mass is 244 g/mol. The van der Waals surface area contributed by atoms with Gasteiger partial charge in [0.05, 0.1) is 14.2 Å². The Bertz CT molecular complexity index is 519. The lowest BCUT2D eigenvalue weighted by atomic mass is 10.0. The summed E-state index contributed by atoms with van der Waals surface area (Å²) in [4.78, 5) is 4.08. The number of anilines is 1. The van der Waals surface area contributed by atoms with Crippen LogP contribution in [0.3, 0.4) is 0 Å². The number of methoxy groups -OCH3 is 2. The van der Waals surface area contributed by atoms with Crippen molar-refractivity contribution in [2.24, 2.45) is 0 Å². The molecule has 0 atom stereocenters. The number of pyridine rings is 1. The number of aromatic nitrogens is 1. The molecule has 0 spiro atoms. The van der Waals surface area contributed by atoms with Crippen LogP contribution in [0.1, 0.15) is 11.1 Å². The lowest BCUT2D eigenvalue weighted by Crippen LogP contribution is -2.01. The van der Waals surface area contributed by atoms with Crippen molar-refractivity contribution >= 4 is 5.82 Å². The maximum Gasteiger partial charge on any atom is 0.126 e. The van der Waals surface area contributed by atoms with Gasteiger partial charge in [-0.2, -0.15) is 0 Å². The Morgan fingerprint density at radius 1 is 1.06 bits per heavy atom. The molecular weight excluding hydrogens is 228 g/mol. The van der Waals surface area contributed by atoms with E-state index in [0.717, 1.165) is 22.6 Å². The van der Waals surface area contributed by atoms with Gasteiger partial charge in [-0.25, -0.2) is 4.98 Å². The van der Waals surface area contributed by atoms with E-state index in [1.165, 1.54) is 0 Å². The van der Waals surface area contributed by atoms with Crippen LogP contribution in [-0.2, 0) is 6.42 Å². The molecule has 2 aromatic rings. The quantitative estimate of drug-likeness (QED) is 0.896. The van der Waals surface area contributed by atoms with Gasteiger partial charge in [0.2, 0.25) is 0 Å². The Morgan fingerprint density at radius 3 is 2.28 bits per heavy atom. The lowest BCUT2D eigenvalue weighted by molar-refractivity contribution is 0.387. The summed E-state index contributed by atoms with van der Waals surface area (Å²) in [6, 6.07) is 9.53. The largest absolute Gasteiger partial charge is 0.496 e. The summed E-state index contributed by atoms with van der Waals surface area (Å²) < 4.78 is 10.7. The first-order chi connectivity index (χ1) is 8.76. The number of rotatable bonds is 4. The Labute approximate surface area is 106 Å². The zero-order chi connectivity index (χ0) is 13.0. The molecule has 0 unspecified atom stereocenters. The molecule has 0 aliphatic rings. The summed E-state index contributed by atoms with van der Waals surface area (Å²) >= 11 is 0. The third-order valence-electron chi connectivity index (χ3n) is 2.82. The molecule has 2 N–H and O–H groups in total. The molecule has 1 heterocycles. The van der Waals surface area contributed by atoms with E-state index in [1.54, 1.807) is 20.4 Å². The minimum atomic E-state index is 0.533. The molecule has 94 valence electrons. The van der Waals surface area contributed by atoms with Gasteiger partial charge in [-0.3, -0.25) is 0 Å². The van der Waals surface area contributed by atoms with Crippen LogP contribution in [0.5, 0.6) is 11.5 Å². The van der Waals surface area contributed by atoms with Gasteiger partial charge in [-0.1, -0.05) is 12.1 Å². The van der Waals surface area contributed by atoms with E-state index in [1.807, 2.05) is 30.3 Å². The maximum absolute atomic E-state index is 5.86. The third kappa shape index (κ3) is 2.37. The first kappa shape index (κ1) is 12.2. The zero-order valence-corrected chi connectivity index (χ0v) is 10.5. The third-order valence-corrected chi connectivity index (χ3v) is 2.82. The molecule has 0 saturated heterocycles. The van der Waals surface area contributed by atoms with Gasteiger partial charge < -0.3 is 15.2 Å². The van der Waals surface area contributed by atoms with E-state index in [9.17, 15) is 0 Å². The summed E-state index contributed by atoms with van der Waals surface area (Å²) in [6.45, 7) is 0. The lowest BCUT2D eigenvalue weighted by Gasteiger charge is -2.13. The molecule has 0 fully saturated rings. The van der Waals surface area contributed by atoms with Gasteiger partial charge in [-0.05, 0) is 23.8 Å². The minimum absolute atomic E-state index is 0.533. The van der Waals surface area contributed by atoms with Crippen LogP contribution in [0.2, 0.25) is 0 Å². The fraction of sp³-hybridized carbons (Fsp3) is 0.214. The molecule has 18 heavy (non-hydrogen) atoms. The number of hydrogen-bond acceptors (Lipinski definition) is 4. The van der Waals surface area contributed by atoms with Crippen molar-refractivity contribution in [3.63, 3.8) is 0 Å². The molecular formula is C14H16N2O2. The highest BCUT2D eigenvalue weighted by molar-refractivity contribution is 5.51. The molecule has 0 bridgehead atoms. The zero-order valence-electron chi connectivity index (χ0n) is 10.5. The Balaban J connectivity index is 2.42.